The number of likely N-dealkylation sites (N-methyl/N-ethyl adjacent to an activating group) is 2. The van der Waals surface area contributed by atoms with Gasteiger partial charge in [0.15, 0.2) is 0 Å². The van der Waals surface area contributed by atoms with Gasteiger partial charge in [0.1, 0.15) is 0 Å². The minimum absolute atomic E-state index is 0.0651. The van der Waals surface area contributed by atoms with E-state index in [2.05, 4.69) is 40.5 Å². The molecule has 0 radical (unpaired) electrons. The van der Waals surface area contributed by atoms with Gasteiger partial charge >= 0.3 is 356 Å². The van der Waals surface area contributed by atoms with Crippen molar-refractivity contribution in [3.05, 3.63) is 130 Å². The van der Waals surface area contributed by atoms with E-state index in [0.29, 0.717) is 5.95 Å². The molecule has 58 heavy (non-hydrogen) atoms. The summed E-state index contributed by atoms with van der Waals surface area (Å²) in [6.07, 6.45) is 16.6. The van der Waals surface area contributed by atoms with Gasteiger partial charge in [-0.15, -0.1) is 0 Å². The fraction of sp³-hybridized carbons (Fsp3) is 0.0526. The third kappa shape index (κ3) is 8.77. The second kappa shape index (κ2) is 17.8. The molecule has 0 saturated carbocycles. The summed E-state index contributed by atoms with van der Waals surface area (Å²) < 4.78 is 3.73. The second-order valence-electron chi connectivity index (χ2n) is 11.9. The average Bonchev–Trinajstić information content (AvgIpc) is 3.91. The SMILES string of the molecule is CN1C(=O)/C(=C/c2ccc(N(c3ccncc3)c3ccncn3)[se]2)C(=O)NC1=S.CN1C(=O)/C(=C/c2ccc(N(c3ccncc3)c3ncccn3)[se]2)C(=O)NC1=S. The average molecular weight is 939 g/mol. The number of thiocarbonyl (C=S) groups is 2. The topological polar surface area (TPSA) is 183 Å². The minimum atomic E-state index is -0.486. The van der Waals surface area contributed by atoms with Crippen LogP contribution >= 0.6 is 24.4 Å². The van der Waals surface area contributed by atoms with Crippen LogP contribution in [0, 0.1) is 0 Å². The standard InChI is InChI=1S/2C19H14N6O2SSe/c1-24-17(27)14(16(26)23-19(24)28)11-13-3-4-15(29-13)25(12-5-9-20-10-6-12)18-21-7-2-8-22-18;1-24-18(27)14(17(26)23-19(24)28)10-13-2-3-16(29-13)25(12-4-7-20-8-5-12)15-6-9-21-11-22-15/h2*2-11H,1H3,(H,23,26,28)/b14-11+;14-10+. The molecular weight excluding hydrogens is 911 g/mol. The third-order valence-corrected chi connectivity index (χ3v) is 13.3. The van der Waals surface area contributed by atoms with Crippen LogP contribution in [0.1, 0.15) is 8.87 Å². The number of aromatic nitrogens is 6. The summed E-state index contributed by atoms with van der Waals surface area (Å²) >= 11 is 9.63. The van der Waals surface area contributed by atoms with E-state index in [9.17, 15) is 19.2 Å². The predicted octanol–water partition coefficient (Wildman–Crippen LogP) is 3.31. The fourth-order valence-corrected chi connectivity index (χ4v) is 9.82. The van der Waals surface area contributed by atoms with Crippen LogP contribution < -0.4 is 20.4 Å². The molecule has 20 heteroatoms. The number of amides is 4. The summed E-state index contributed by atoms with van der Waals surface area (Å²) in [5.74, 6) is -0.540. The van der Waals surface area contributed by atoms with Gasteiger partial charge in [-0.25, -0.2) is 0 Å². The summed E-state index contributed by atoms with van der Waals surface area (Å²) in [7, 11) is 3.07. The molecule has 288 valence electrons. The van der Waals surface area contributed by atoms with Gasteiger partial charge in [-0.1, -0.05) is 0 Å². The van der Waals surface area contributed by atoms with E-state index in [0.717, 1.165) is 35.2 Å². The van der Waals surface area contributed by atoms with Crippen LogP contribution in [-0.2, 0) is 19.2 Å². The van der Waals surface area contributed by atoms with Crippen LogP contribution in [0.2, 0.25) is 0 Å². The third-order valence-electron chi connectivity index (χ3n) is 8.24. The summed E-state index contributed by atoms with van der Waals surface area (Å²) in [6, 6.07) is 18.8. The Hall–Kier alpha value is -6.40. The van der Waals surface area contributed by atoms with Crippen molar-refractivity contribution in [2.24, 2.45) is 0 Å². The van der Waals surface area contributed by atoms with Crippen LogP contribution in [0.5, 0.6) is 0 Å². The van der Waals surface area contributed by atoms with E-state index in [1.165, 1.54) is 30.2 Å². The quantitative estimate of drug-likeness (QED) is 0.0982. The molecule has 8 rings (SSSR count). The molecule has 2 N–H and O–H groups in total. The molecule has 2 aliphatic heterocycles. The van der Waals surface area contributed by atoms with E-state index < -0.39 is 23.6 Å². The summed E-state index contributed by atoms with van der Waals surface area (Å²) in [4.78, 5) is 81.0. The first-order chi connectivity index (χ1) is 28.1. The number of carbonyl (C=O) groups excluding carboxylic acids is 4. The first-order valence-electron chi connectivity index (χ1n) is 16.9. The fourth-order valence-electron chi connectivity index (χ4n) is 5.38. The van der Waals surface area contributed by atoms with Gasteiger partial charge in [-0.3, -0.25) is 0 Å². The first kappa shape index (κ1) is 39.8. The summed E-state index contributed by atoms with van der Waals surface area (Å²) in [5.41, 5.74) is 1.92. The Morgan fingerprint density at radius 1 is 0.586 bits per heavy atom. The molecule has 0 aliphatic carbocycles. The Morgan fingerprint density at radius 2 is 1.05 bits per heavy atom. The maximum absolute atomic E-state index is 12.4. The molecule has 0 bridgehead atoms. The molecule has 0 atom stereocenters. The van der Waals surface area contributed by atoms with Gasteiger partial charge in [0, 0.05) is 0 Å². The molecule has 8 heterocycles. The number of rotatable bonds is 8. The van der Waals surface area contributed by atoms with Gasteiger partial charge in [0.05, 0.1) is 0 Å². The molecule has 6 aromatic heterocycles. The molecule has 6 aromatic rings. The molecule has 0 aromatic carbocycles. The van der Waals surface area contributed by atoms with Crippen molar-refractivity contribution in [1.29, 1.82) is 0 Å². The Morgan fingerprint density at radius 3 is 1.53 bits per heavy atom. The molecule has 4 amide bonds. The molecule has 2 saturated heterocycles. The molecule has 0 unspecified atom stereocenters. The molecule has 2 fully saturated rings. The van der Waals surface area contributed by atoms with Gasteiger partial charge < -0.3 is 0 Å². The van der Waals surface area contributed by atoms with Crippen LogP contribution in [0.4, 0.5) is 32.3 Å². The predicted molar refractivity (Wildman–Crippen MR) is 226 cm³/mol. The van der Waals surface area contributed by atoms with Gasteiger partial charge in [0.2, 0.25) is 0 Å². The van der Waals surface area contributed by atoms with Gasteiger partial charge in [-0.05, 0) is 0 Å². The van der Waals surface area contributed by atoms with E-state index in [-0.39, 0.29) is 50.4 Å². The number of hydrogen-bond acceptors (Lipinski definition) is 14. The van der Waals surface area contributed by atoms with E-state index in [1.54, 1.807) is 61.6 Å². The number of pyridine rings is 2. The van der Waals surface area contributed by atoms with Crippen molar-refractivity contribution in [3.8, 4) is 0 Å². The van der Waals surface area contributed by atoms with Crippen LogP contribution in [0.3, 0.4) is 0 Å². The molecule has 0 spiro atoms. The van der Waals surface area contributed by atoms with Gasteiger partial charge in [-0.2, -0.15) is 0 Å². The van der Waals surface area contributed by atoms with Crippen LogP contribution in [0.15, 0.2) is 122 Å². The van der Waals surface area contributed by atoms with Crippen molar-refractivity contribution in [2.45, 2.75) is 0 Å². The van der Waals surface area contributed by atoms with Crippen molar-refractivity contribution < 1.29 is 19.2 Å². The first-order valence-corrected chi connectivity index (χ1v) is 21.2. The molecule has 16 nitrogen and oxygen atoms in total. The summed E-state index contributed by atoms with van der Waals surface area (Å²) in [6.45, 7) is 0. The zero-order valence-corrected chi connectivity index (χ0v) is 35.3. The number of hydrogen-bond donors (Lipinski definition) is 2. The normalized spacial score (nSPS) is 15.6. The van der Waals surface area contributed by atoms with E-state index >= 15 is 0 Å². The Kier molecular flexibility index (Phi) is 12.2. The van der Waals surface area contributed by atoms with Crippen LogP contribution in [0.25, 0.3) is 12.2 Å². The monoisotopic (exact) mass is 940 g/mol. The summed E-state index contributed by atoms with van der Waals surface area (Å²) in [5, 5.41) is 5.26. The Labute approximate surface area is 353 Å². The molecule has 2 aliphatic rings. The number of anilines is 6. The zero-order chi connectivity index (χ0) is 40.8. The van der Waals surface area contributed by atoms with Crippen molar-refractivity contribution in [1.82, 2.24) is 50.3 Å². The van der Waals surface area contributed by atoms with E-state index in [1.807, 2.05) is 64.4 Å². The van der Waals surface area contributed by atoms with Crippen molar-refractivity contribution >= 4 is 132 Å². The Balaban J connectivity index is 0.000000177. The molecular formula is C38H28N12O4S2Se2. The number of nitrogens with one attached hydrogen (secondary N) is 2. The van der Waals surface area contributed by atoms with Crippen molar-refractivity contribution in [3.63, 3.8) is 0 Å². The second-order valence-corrected chi connectivity index (χ2v) is 17.3. The number of carbonyl (C=O) groups is 4. The Bertz CT molecular complexity index is 2330. The van der Waals surface area contributed by atoms with Gasteiger partial charge in [0.25, 0.3) is 0 Å². The zero-order valence-electron chi connectivity index (χ0n) is 30.3. The van der Waals surface area contributed by atoms with E-state index in [4.69, 9.17) is 24.4 Å². The number of nitrogens with zero attached hydrogens (tertiary/aromatic N) is 10. The van der Waals surface area contributed by atoms with Crippen LogP contribution in [-0.4, -0.2) is 117 Å². The van der Waals surface area contributed by atoms with Crippen molar-refractivity contribution in [2.75, 3.05) is 23.9 Å². The maximum atomic E-state index is 12.4.